The van der Waals surface area contributed by atoms with Gasteiger partial charge < -0.3 is 5.73 Å². The predicted molar refractivity (Wildman–Crippen MR) is 49.6 cm³/mol. The van der Waals surface area contributed by atoms with Crippen molar-refractivity contribution in [2.24, 2.45) is 0 Å². The van der Waals surface area contributed by atoms with Crippen LogP contribution in [-0.4, -0.2) is 27.1 Å². The molecule has 1 fully saturated rings. The highest BCUT2D eigenvalue weighted by Gasteiger charge is 2.40. The maximum absolute atomic E-state index is 11.4. The van der Waals surface area contributed by atoms with Crippen molar-refractivity contribution in [1.82, 2.24) is 10.0 Å². The molecule has 1 atom stereocenters. The minimum atomic E-state index is -0.760. The molecule has 1 aliphatic heterocycles. The lowest BCUT2D eigenvalue weighted by Gasteiger charge is -2.08. The van der Waals surface area contributed by atoms with Crippen LogP contribution in [0, 0.1) is 0 Å². The molecule has 15 heavy (non-hydrogen) atoms. The Morgan fingerprint density at radius 3 is 2.80 bits per heavy atom. The fourth-order valence-corrected chi connectivity index (χ4v) is 1.55. The van der Waals surface area contributed by atoms with E-state index in [2.05, 4.69) is 4.98 Å². The SMILES string of the molecule is Nc1cccnc1C1CC(=O)N(O)C1=O. The predicted octanol–water partition coefficient (Wildman–Crippen LogP) is -0.104. The van der Waals surface area contributed by atoms with Crippen molar-refractivity contribution in [2.75, 3.05) is 5.73 Å². The molecule has 3 N–H and O–H groups in total. The second kappa shape index (κ2) is 3.32. The van der Waals surface area contributed by atoms with E-state index in [-0.39, 0.29) is 11.5 Å². The van der Waals surface area contributed by atoms with Crippen molar-refractivity contribution in [2.45, 2.75) is 12.3 Å². The number of anilines is 1. The molecule has 6 nitrogen and oxygen atoms in total. The smallest absolute Gasteiger partial charge is 0.263 e. The van der Waals surface area contributed by atoms with Gasteiger partial charge in [0.05, 0.1) is 17.3 Å². The van der Waals surface area contributed by atoms with Crippen LogP contribution in [0.3, 0.4) is 0 Å². The number of nitrogens with zero attached hydrogens (tertiary/aromatic N) is 2. The number of carbonyl (C=O) groups is 2. The average Bonchev–Trinajstić information content (AvgIpc) is 2.47. The Kier molecular flexibility index (Phi) is 2.12. The number of nitrogens with two attached hydrogens (primary N) is 1. The zero-order valence-corrected chi connectivity index (χ0v) is 7.75. The van der Waals surface area contributed by atoms with Gasteiger partial charge in [0.15, 0.2) is 0 Å². The van der Waals surface area contributed by atoms with Crippen LogP contribution in [0.4, 0.5) is 5.69 Å². The highest BCUT2D eigenvalue weighted by atomic mass is 16.5. The van der Waals surface area contributed by atoms with Gasteiger partial charge in [0, 0.05) is 12.6 Å². The van der Waals surface area contributed by atoms with E-state index < -0.39 is 17.7 Å². The van der Waals surface area contributed by atoms with E-state index in [1.807, 2.05) is 0 Å². The third kappa shape index (κ3) is 1.44. The summed E-state index contributed by atoms with van der Waals surface area (Å²) in [6.07, 6.45) is 1.40. The van der Waals surface area contributed by atoms with Crippen LogP contribution in [0.2, 0.25) is 0 Å². The topological polar surface area (TPSA) is 96.5 Å². The molecular formula is C9H9N3O3. The highest BCUT2D eigenvalue weighted by molar-refractivity contribution is 6.05. The average molecular weight is 207 g/mol. The standard InChI is InChI=1S/C9H9N3O3/c10-6-2-1-3-11-8(6)5-4-7(13)12(15)9(5)14/h1-3,5,15H,4,10H2. The van der Waals surface area contributed by atoms with Crippen LogP contribution in [0.15, 0.2) is 18.3 Å². The maximum Gasteiger partial charge on any atom is 0.263 e. The maximum atomic E-state index is 11.4. The molecule has 78 valence electrons. The van der Waals surface area contributed by atoms with E-state index >= 15 is 0 Å². The number of imide groups is 1. The summed E-state index contributed by atoms with van der Waals surface area (Å²) in [5, 5.41) is 9.18. The van der Waals surface area contributed by atoms with Crippen LogP contribution in [0.1, 0.15) is 18.0 Å². The Morgan fingerprint density at radius 2 is 2.27 bits per heavy atom. The summed E-state index contributed by atoms with van der Waals surface area (Å²) < 4.78 is 0. The third-order valence-corrected chi connectivity index (χ3v) is 2.32. The molecule has 0 saturated carbocycles. The Labute approximate surface area is 85.3 Å². The molecule has 0 bridgehead atoms. The largest absolute Gasteiger partial charge is 0.397 e. The Hall–Kier alpha value is -1.95. The molecule has 0 spiro atoms. The number of hydrogen-bond acceptors (Lipinski definition) is 5. The van der Waals surface area contributed by atoms with Crippen molar-refractivity contribution in [3.63, 3.8) is 0 Å². The lowest BCUT2D eigenvalue weighted by atomic mass is 10.0. The minimum Gasteiger partial charge on any atom is -0.397 e. The quantitative estimate of drug-likeness (QED) is 0.495. The number of pyridine rings is 1. The second-order valence-electron chi connectivity index (χ2n) is 3.28. The summed E-state index contributed by atoms with van der Waals surface area (Å²) in [6.45, 7) is 0. The number of carbonyl (C=O) groups excluding carboxylic acids is 2. The molecule has 6 heteroatoms. The fraction of sp³-hybridized carbons (Fsp3) is 0.222. The summed E-state index contributed by atoms with van der Waals surface area (Å²) >= 11 is 0. The lowest BCUT2D eigenvalue weighted by Crippen LogP contribution is -2.26. The van der Waals surface area contributed by atoms with Gasteiger partial charge in [-0.25, -0.2) is 0 Å². The van der Waals surface area contributed by atoms with Gasteiger partial charge in [-0.05, 0) is 12.1 Å². The monoisotopic (exact) mass is 207 g/mol. The summed E-state index contributed by atoms with van der Waals surface area (Å²) in [5.41, 5.74) is 6.31. The van der Waals surface area contributed by atoms with Crippen LogP contribution in [-0.2, 0) is 9.59 Å². The first-order valence-corrected chi connectivity index (χ1v) is 4.37. The van der Waals surface area contributed by atoms with Gasteiger partial charge >= 0.3 is 0 Å². The van der Waals surface area contributed by atoms with E-state index in [0.717, 1.165) is 0 Å². The fourth-order valence-electron chi connectivity index (χ4n) is 1.55. The first-order chi connectivity index (χ1) is 7.11. The number of nitrogen functional groups attached to an aromatic ring is 1. The van der Waals surface area contributed by atoms with Crippen LogP contribution >= 0.6 is 0 Å². The summed E-state index contributed by atoms with van der Waals surface area (Å²) in [7, 11) is 0. The molecule has 1 aromatic rings. The van der Waals surface area contributed by atoms with Crippen molar-refractivity contribution in [3.8, 4) is 0 Å². The molecule has 2 heterocycles. The summed E-state index contributed by atoms with van der Waals surface area (Å²) in [4.78, 5) is 26.4. The molecule has 0 aliphatic carbocycles. The molecule has 1 saturated heterocycles. The van der Waals surface area contributed by atoms with Gasteiger partial charge in [0.1, 0.15) is 0 Å². The van der Waals surface area contributed by atoms with Crippen LogP contribution in [0.25, 0.3) is 0 Å². The number of amides is 2. The molecular weight excluding hydrogens is 198 g/mol. The van der Waals surface area contributed by atoms with E-state index in [4.69, 9.17) is 10.9 Å². The molecule has 0 aromatic carbocycles. The Bertz CT molecular complexity index is 432. The zero-order valence-electron chi connectivity index (χ0n) is 7.75. The van der Waals surface area contributed by atoms with Gasteiger partial charge in [-0.1, -0.05) is 0 Å². The first kappa shape index (κ1) is 9.60. The van der Waals surface area contributed by atoms with Crippen molar-refractivity contribution >= 4 is 17.5 Å². The van der Waals surface area contributed by atoms with E-state index in [1.165, 1.54) is 6.20 Å². The van der Waals surface area contributed by atoms with E-state index in [1.54, 1.807) is 12.1 Å². The Morgan fingerprint density at radius 1 is 1.53 bits per heavy atom. The van der Waals surface area contributed by atoms with Crippen molar-refractivity contribution in [1.29, 1.82) is 0 Å². The molecule has 1 aliphatic rings. The van der Waals surface area contributed by atoms with Gasteiger partial charge in [-0.3, -0.25) is 19.8 Å². The number of aromatic nitrogens is 1. The van der Waals surface area contributed by atoms with Crippen molar-refractivity contribution < 1.29 is 14.8 Å². The summed E-state index contributed by atoms with van der Waals surface area (Å²) in [5.74, 6) is -2.07. The van der Waals surface area contributed by atoms with E-state index in [9.17, 15) is 9.59 Å². The second-order valence-corrected chi connectivity index (χ2v) is 3.28. The molecule has 2 rings (SSSR count). The van der Waals surface area contributed by atoms with Crippen LogP contribution < -0.4 is 5.73 Å². The number of rotatable bonds is 1. The zero-order chi connectivity index (χ0) is 11.0. The van der Waals surface area contributed by atoms with E-state index in [0.29, 0.717) is 11.4 Å². The lowest BCUT2D eigenvalue weighted by molar-refractivity contribution is -0.171. The third-order valence-electron chi connectivity index (χ3n) is 2.32. The summed E-state index contributed by atoms with van der Waals surface area (Å²) in [6, 6.07) is 3.23. The number of hydrogen-bond donors (Lipinski definition) is 2. The molecule has 1 aromatic heterocycles. The van der Waals surface area contributed by atoms with Crippen molar-refractivity contribution in [3.05, 3.63) is 24.0 Å². The number of hydroxylamine groups is 2. The molecule has 2 amide bonds. The van der Waals surface area contributed by atoms with Gasteiger partial charge in [-0.2, -0.15) is 5.06 Å². The normalized spacial score (nSPS) is 21.1. The molecule has 1 unspecified atom stereocenters. The first-order valence-electron chi connectivity index (χ1n) is 4.37. The highest BCUT2D eigenvalue weighted by Crippen LogP contribution is 2.30. The van der Waals surface area contributed by atoms with Gasteiger partial charge in [0.25, 0.3) is 11.8 Å². The van der Waals surface area contributed by atoms with Gasteiger partial charge in [0.2, 0.25) is 0 Å². The van der Waals surface area contributed by atoms with Crippen LogP contribution in [0.5, 0.6) is 0 Å². The Balaban J connectivity index is 2.38. The minimum absolute atomic E-state index is 0.0868. The van der Waals surface area contributed by atoms with Gasteiger partial charge in [-0.15, -0.1) is 0 Å². The molecule has 0 radical (unpaired) electrons.